The molecular weight excluding hydrogens is 374 g/mol. The maximum absolute atomic E-state index is 12.6. The second-order valence-corrected chi connectivity index (χ2v) is 7.24. The van der Waals surface area contributed by atoms with Gasteiger partial charge in [0.25, 0.3) is 5.91 Å². The summed E-state index contributed by atoms with van der Waals surface area (Å²) in [5.74, 6) is 2.06. The highest BCUT2D eigenvalue weighted by Gasteiger charge is 2.14. The third kappa shape index (κ3) is 4.23. The number of H-pyrrole nitrogens is 1. The smallest absolute Gasteiger partial charge is 0.254 e. The van der Waals surface area contributed by atoms with E-state index < -0.39 is 0 Å². The van der Waals surface area contributed by atoms with Crippen LogP contribution < -0.4 is 5.32 Å². The first-order valence-corrected chi connectivity index (χ1v) is 9.89. The van der Waals surface area contributed by atoms with Gasteiger partial charge >= 0.3 is 0 Å². The van der Waals surface area contributed by atoms with E-state index in [0.29, 0.717) is 29.3 Å². The van der Waals surface area contributed by atoms with Gasteiger partial charge in [-0.2, -0.15) is 0 Å². The molecule has 142 valence electrons. The van der Waals surface area contributed by atoms with E-state index in [1.807, 2.05) is 37.3 Å². The van der Waals surface area contributed by atoms with E-state index >= 15 is 0 Å². The summed E-state index contributed by atoms with van der Waals surface area (Å²) in [6.45, 7) is 2.34. The zero-order valence-electron chi connectivity index (χ0n) is 15.3. The zero-order valence-corrected chi connectivity index (χ0v) is 16.1. The number of aromatic amines is 1. The van der Waals surface area contributed by atoms with E-state index in [0.717, 1.165) is 28.3 Å². The Balaban J connectivity index is 1.36. The van der Waals surface area contributed by atoms with Gasteiger partial charge in [0.2, 0.25) is 0 Å². The quantitative estimate of drug-likeness (QED) is 0.466. The SMILES string of the molecule is Cc1cc(CSc2ncccc2C(=O)NCCc2nc3ccccc3[nH]2)no1. The molecule has 0 spiro atoms. The molecular formula is C20H19N5O2S. The molecule has 1 aromatic carbocycles. The number of rotatable bonds is 7. The molecule has 4 rings (SSSR count). The van der Waals surface area contributed by atoms with Gasteiger partial charge in [0.05, 0.1) is 22.3 Å². The molecule has 0 fully saturated rings. The molecule has 28 heavy (non-hydrogen) atoms. The summed E-state index contributed by atoms with van der Waals surface area (Å²) in [5.41, 5.74) is 3.30. The average Bonchev–Trinajstić information content (AvgIpc) is 3.32. The number of benzene rings is 1. The number of aryl methyl sites for hydroxylation is 1. The van der Waals surface area contributed by atoms with Crippen molar-refractivity contribution in [3.05, 3.63) is 71.5 Å². The van der Waals surface area contributed by atoms with Crippen LogP contribution in [0.5, 0.6) is 0 Å². The number of amides is 1. The van der Waals surface area contributed by atoms with Crippen LogP contribution in [0.25, 0.3) is 11.0 Å². The van der Waals surface area contributed by atoms with Crippen molar-refractivity contribution in [3.63, 3.8) is 0 Å². The monoisotopic (exact) mass is 393 g/mol. The molecule has 0 bridgehead atoms. The van der Waals surface area contributed by atoms with Gasteiger partial charge in [-0.15, -0.1) is 0 Å². The number of nitrogens with one attached hydrogen (secondary N) is 2. The summed E-state index contributed by atoms with van der Waals surface area (Å²) >= 11 is 1.46. The van der Waals surface area contributed by atoms with Crippen molar-refractivity contribution in [2.75, 3.05) is 6.54 Å². The van der Waals surface area contributed by atoms with Crippen molar-refractivity contribution in [1.29, 1.82) is 0 Å². The van der Waals surface area contributed by atoms with Crippen molar-refractivity contribution in [2.45, 2.75) is 24.1 Å². The molecule has 0 aliphatic carbocycles. The predicted octanol–water partition coefficient (Wildman–Crippen LogP) is 3.52. The van der Waals surface area contributed by atoms with Gasteiger partial charge in [0.1, 0.15) is 16.6 Å². The molecule has 0 saturated heterocycles. The Bertz CT molecular complexity index is 1070. The standard InChI is InChI=1S/C20H19N5O2S/c1-13-11-14(25-27-13)12-28-20-15(5-4-9-22-20)19(26)21-10-8-18-23-16-6-2-3-7-17(16)24-18/h2-7,9,11H,8,10,12H2,1H3,(H,21,26)(H,23,24). The van der Waals surface area contributed by atoms with Crippen LogP contribution in [0.1, 0.15) is 27.6 Å². The van der Waals surface area contributed by atoms with Gasteiger partial charge in [-0.25, -0.2) is 9.97 Å². The highest BCUT2D eigenvalue weighted by molar-refractivity contribution is 7.98. The lowest BCUT2D eigenvalue weighted by molar-refractivity contribution is 0.0950. The molecule has 8 heteroatoms. The maximum Gasteiger partial charge on any atom is 0.254 e. The number of para-hydroxylation sites is 2. The molecule has 4 aromatic rings. The van der Waals surface area contributed by atoms with Crippen molar-refractivity contribution in [2.24, 2.45) is 0 Å². The van der Waals surface area contributed by atoms with E-state index in [1.54, 1.807) is 18.3 Å². The first-order valence-electron chi connectivity index (χ1n) is 8.91. The van der Waals surface area contributed by atoms with Crippen molar-refractivity contribution in [1.82, 2.24) is 25.4 Å². The summed E-state index contributed by atoms with van der Waals surface area (Å²) in [5, 5.41) is 7.59. The van der Waals surface area contributed by atoms with Gasteiger partial charge in [0.15, 0.2) is 0 Å². The second-order valence-electron chi connectivity index (χ2n) is 6.28. The summed E-state index contributed by atoms with van der Waals surface area (Å²) in [6.07, 6.45) is 2.31. The summed E-state index contributed by atoms with van der Waals surface area (Å²) in [6, 6.07) is 13.3. The first-order chi connectivity index (χ1) is 13.7. The Morgan fingerprint density at radius 3 is 2.96 bits per heavy atom. The Morgan fingerprint density at radius 2 is 2.14 bits per heavy atom. The third-order valence-corrected chi connectivity index (χ3v) is 5.17. The number of carbonyl (C=O) groups excluding carboxylic acids is 1. The summed E-state index contributed by atoms with van der Waals surface area (Å²) < 4.78 is 5.08. The molecule has 0 radical (unpaired) electrons. The Labute approximate surface area is 166 Å². The van der Waals surface area contributed by atoms with Gasteiger partial charge in [-0.1, -0.05) is 29.1 Å². The van der Waals surface area contributed by atoms with Gasteiger partial charge in [-0.3, -0.25) is 4.79 Å². The molecule has 3 heterocycles. The fourth-order valence-corrected chi connectivity index (χ4v) is 3.69. The van der Waals surface area contributed by atoms with Gasteiger partial charge in [-0.05, 0) is 31.2 Å². The number of fused-ring (bicyclic) bond motifs is 1. The lowest BCUT2D eigenvalue weighted by Gasteiger charge is -2.08. The number of pyridine rings is 1. The third-order valence-electron chi connectivity index (χ3n) is 4.14. The minimum absolute atomic E-state index is 0.150. The fraction of sp³-hybridized carbons (Fsp3) is 0.200. The maximum atomic E-state index is 12.6. The van der Waals surface area contributed by atoms with Crippen LogP contribution in [0.3, 0.4) is 0 Å². The summed E-state index contributed by atoms with van der Waals surface area (Å²) in [7, 11) is 0. The number of thioether (sulfide) groups is 1. The largest absolute Gasteiger partial charge is 0.361 e. The molecule has 0 unspecified atom stereocenters. The Kier molecular flexibility index (Phi) is 5.38. The van der Waals surface area contributed by atoms with E-state index in [4.69, 9.17) is 4.52 Å². The lowest BCUT2D eigenvalue weighted by Crippen LogP contribution is -2.26. The van der Waals surface area contributed by atoms with Crippen LogP contribution in [0, 0.1) is 6.92 Å². The highest BCUT2D eigenvalue weighted by Crippen LogP contribution is 2.24. The highest BCUT2D eigenvalue weighted by atomic mass is 32.2. The normalized spacial score (nSPS) is 11.0. The predicted molar refractivity (Wildman–Crippen MR) is 107 cm³/mol. The van der Waals surface area contributed by atoms with Crippen LogP contribution in [0.4, 0.5) is 0 Å². The van der Waals surface area contributed by atoms with Gasteiger partial charge < -0.3 is 14.8 Å². The Hall–Kier alpha value is -3.13. The number of hydrogen-bond acceptors (Lipinski definition) is 6. The van der Waals surface area contributed by atoms with Crippen LogP contribution in [0.2, 0.25) is 0 Å². The first kappa shape index (κ1) is 18.2. The lowest BCUT2D eigenvalue weighted by atomic mass is 10.2. The number of carbonyl (C=O) groups is 1. The van der Waals surface area contributed by atoms with Gasteiger partial charge in [0, 0.05) is 31.0 Å². The average molecular weight is 393 g/mol. The molecule has 3 aromatic heterocycles. The van der Waals surface area contributed by atoms with Crippen molar-refractivity contribution in [3.8, 4) is 0 Å². The van der Waals surface area contributed by atoms with E-state index in [1.165, 1.54) is 11.8 Å². The zero-order chi connectivity index (χ0) is 19.3. The van der Waals surface area contributed by atoms with Crippen LogP contribution in [-0.4, -0.2) is 32.6 Å². The van der Waals surface area contributed by atoms with Crippen LogP contribution in [-0.2, 0) is 12.2 Å². The second kappa shape index (κ2) is 8.26. The molecule has 1 amide bonds. The fourth-order valence-electron chi connectivity index (χ4n) is 2.82. The molecule has 0 atom stereocenters. The molecule has 0 aliphatic rings. The number of hydrogen-bond donors (Lipinski definition) is 2. The minimum atomic E-state index is -0.150. The molecule has 0 aliphatic heterocycles. The van der Waals surface area contributed by atoms with E-state index in [-0.39, 0.29) is 5.91 Å². The minimum Gasteiger partial charge on any atom is -0.361 e. The topological polar surface area (TPSA) is 96.7 Å². The van der Waals surface area contributed by atoms with Crippen molar-refractivity contribution < 1.29 is 9.32 Å². The van der Waals surface area contributed by atoms with E-state index in [2.05, 4.69) is 25.4 Å². The number of aromatic nitrogens is 4. The number of nitrogens with zero attached hydrogens (tertiary/aromatic N) is 3. The summed E-state index contributed by atoms with van der Waals surface area (Å²) in [4.78, 5) is 24.7. The number of imidazole rings is 1. The van der Waals surface area contributed by atoms with E-state index in [9.17, 15) is 4.79 Å². The van der Waals surface area contributed by atoms with Crippen LogP contribution in [0.15, 0.2) is 58.2 Å². The molecule has 0 saturated carbocycles. The molecule has 2 N–H and O–H groups in total. The Morgan fingerprint density at radius 1 is 1.25 bits per heavy atom. The van der Waals surface area contributed by atoms with Crippen LogP contribution >= 0.6 is 11.8 Å². The molecule has 7 nitrogen and oxygen atoms in total. The van der Waals surface area contributed by atoms with Crippen molar-refractivity contribution >= 4 is 28.7 Å².